The summed E-state index contributed by atoms with van der Waals surface area (Å²) in [4.78, 5) is 71.9. The zero-order chi connectivity index (χ0) is 41.7. The first-order valence-corrected chi connectivity index (χ1v) is 20.3. The van der Waals surface area contributed by atoms with Crippen molar-refractivity contribution in [3.05, 3.63) is 72.4 Å². The summed E-state index contributed by atoms with van der Waals surface area (Å²) in [5, 5.41) is 7.61. The van der Waals surface area contributed by atoms with E-state index in [9.17, 15) is 19.2 Å². The summed E-state index contributed by atoms with van der Waals surface area (Å²) in [6.45, 7) is 12.7. The van der Waals surface area contributed by atoms with Crippen molar-refractivity contribution in [1.82, 2.24) is 40.4 Å². The summed E-state index contributed by atoms with van der Waals surface area (Å²) in [6.07, 6.45) is 3.55. The number of aromatic amines is 2. The Hall–Kier alpha value is -5.92. The van der Waals surface area contributed by atoms with E-state index in [1.165, 1.54) is 14.2 Å². The number of fused-ring (bicyclic) bond motifs is 2. The Labute approximate surface area is 339 Å². The zero-order valence-electron chi connectivity index (χ0n) is 34.7. The number of amides is 4. The second kappa shape index (κ2) is 18.1. The molecule has 14 heteroatoms. The molecular formula is C44H56N8O6. The van der Waals surface area contributed by atoms with E-state index >= 15 is 0 Å². The monoisotopic (exact) mass is 792 g/mol. The van der Waals surface area contributed by atoms with Crippen LogP contribution in [0.4, 0.5) is 9.59 Å². The third-order valence-electron chi connectivity index (χ3n) is 11.5. The van der Waals surface area contributed by atoms with Crippen molar-refractivity contribution in [2.75, 3.05) is 27.3 Å². The molecule has 0 bridgehead atoms. The van der Waals surface area contributed by atoms with Gasteiger partial charge in [0.25, 0.3) is 0 Å². The molecule has 0 saturated carbocycles. The largest absolute Gasteiger partial charge is 0.453 e. The van der Waals surface area contributed by atoms with Crippen LogP contribution in [0.2, 0.25) is 0 Å². The average molecular weight is 793 g/mol. The lowest BCUT2D eigenvalue weighted by Gasteiger charge is -2.33. The van der Waals surface area contributed by atoms with Crippen molar-refractivity contribution in [3.63, 3.8) is 0 Å². The molecule has 1 aliphatic rings. The standard InChI is InChI=1S/C44H56N8O6/c1-9-26(6)38(50-44(56)58-8)42(54)52-20-12-13-36(52)39-45-24-34(48-39)31-17-16-27-21-28(14-15-29(27)22-31)30-18-19-32-33(23-30)47-40(46-32)35(10-2)51(11-3)41(53)37(25(4)5)49-43(55)57-7/h14-19,21-26,35-38H,9-13,20H2,1-8H3,(H,45,48)(H,46,47)(H,49,55)(H,50,56). The van der Waals surface area contributed by atoms with E-state index in [0.29, 0.717) is 25.3 Å². The molecule has 3 aromatic carbocycles. The summed E-state index contributed by atoms with van der Waals surface area (Å²) in [5.74, 6) is 0.914. The van der Waals surface area contributed by atoms with Crippen molar-refractivity contribution in [3.8, 4) is 22.4 Å². The zero-order valence-corrected chi connectivity index (χ0v) is 34.7. The van der Waals surface area contributed by atoms with Crippen LogP contribution in [-0.2, 0) is 19.1 Å². The van der Waals surface area contributed by atoms with Crippen LogP contribution in [0.3, 0.4) is 0 Å². The maximum atomic E-state index is 13.8. The Kier molecular flexibility index (Phi) is 13.0. The maximum absolute atomic E-state index is 13.8. The van der Waals surface area contributed by atoms with E-state index in [1.807, 2.05) is 58.7 Å². The van der Waals surface area contributed by atoms with E-state index < -0.39 is 24.3 Å². The van der Waals surface area contributed by atoms with Crippen LogP contribution < -0.4 is 10.6 Å². The van der Waals surface area contributed by atoms with Crippen molar-refractivity contribution in [1.29, 1.82) is 0 Å². The molecule has 5 aromatic rings. The maximum Gasteiger partial charge on any atom is 0.407 e. The van der Waals surface area contributed by atoms with Crippen LogP contribution >= 0.6 is 0 Å². The topological polar surface area (TPSA) is 175 Å². The molecule has 4 N–H and O–H groups in total. The fourth-order valence-electron chi connectivity index (χ4n) is 7.94. The molecule has 5 atom stereocenters. The van der Waals surface area contributed by atoms with Gasteiger partial charge in [0.05, 0.1) is 49.2 Å². The number of imidazole rings is 2. The number of likely N-dealkylation sites (N-methyl/N-ethyl adjacent to an activating group) is 1. The van der Waals surface area contributed by atoms with Crippen molar-refractivity contribution < 1.29 is 28.7 Å². The Morgan fingerprint density at radius 3 is 2.12 bits per heavy atom. The number of carbonyl (C=O) groups excluding carboxylic acids is 4. The highest BCUT2D eigenvalue weighted by atomic mass is 16.5. The minimum absolute atomic E-state index is 0.0589. The Morgan fingerprint density at radius 1 is 0.845 bits per heavy atom. The number of methoxy groups -OCH3 is 2. The number of aromatic nitrogens is 4. The molecule has 308 valence electrons. The average Bonchev–Trinajstić information content (AvgIpc) is 4.02. The molecule has 3 heterocycles. The number of alkyl carbamates (subject to hydrolysis) is 2. The number of benzene rings is 3. The number of hydrogen-bond acceptors (Lipinski definition) is 8. The Bertz CT molecular complexity index is 2260. The van der Waals surface area contributed by atoms with Crippen molar-refractivity contribution in [2.45, 2.75) is 91.4 Å². The van der Waals surface area contributed by atoms with Crippen LogP contribution in [0.1, 0.15) is 91.0 Å². The molecule has 0 spiro atoms. The normalized spacial score (nSPS) is 16.2. The van der Waals surface area contributed by atoms with Crippen LogP contribution in [0, 0.1) is 11.8 Å². The minimum atomic E-state index is -0.731. The van der Waals surface area contributed by atoms with E-state index in [4.69, 9.17) is 19.4 Å². The lowest BCUT2D eigenvalue weighted by molar-refractivity contribution is -0.137. The molecule has 6 rings (SSSR count). The van der Waals surface area contributed by atoms with E-state index in [1.54, 1.807) is 4.90 Å². The lowest BCUT2D eigenvalue weighted by atomic mass is 9.97. The number of rotatable bonds is 14. The quantitative estimate of drug-likeness (QED) is 0.0878. The molecule has 0 radical (unpaired) electrons. The summed E-state index contributed by atoms with van der Waals surface area (Å²) in [7, 11) is 2.59. The van der Waals surface area contributed by atoms with Gasteiger partial charge < -0.3 is 39.9 Å². The van der Waals surface area contributed by atoms with Gasteiger partial charge in [-0.1, -0.05) is 71.4 Å². The second-order valence-corrected chi connectivity index (χ2v) is 15.4. The molecule has 14 nitrogen and oxygen atoms in total. The fraction of sp³-hybridized carbons (Fsp3) is 0.455. The summed E-state index contributed by atoms with van der Waals surface area (Å²) < 4.78 is 9.60. The second-order valence-electron chi connectivity index (χ2n) is 15.4. The number of ether oxygens (including phenoxy) is 2. The van der Waals surface area contributed by atoms with Gasteiger partial charge in [-0.3, -0.25) is 9.59 Å². The van der Waals surface area contributed by atoms with Gasteiger partial charge in [-0.05, 0) is 84.2 Å². The van der Waals surface area contributed by atoms with E-state index in [-0.39, 0.29) is 35.7 Å². The third-order valence-corrected chi connectivity index (χ3v) is 11.5. The fourth-order valence-corrected chi connectivity index (χ4v) is 7.94. The van der Waals surface area contributed by atoms with E-state index in [0.717, 1.165) is 69.3 Å². The molecule has 0 aliphatic carbocycles. The van der Waals surface area contributed by atoms with Gasteiger partial charge in [-0.2, -0.15) is 0 Å². The van der Waals surface area contributed by atoms with Crippen LogP contribution in [0.25, 0.3) is 44.2 Å². The van der Waals surface area contributed by atoms with Gasteiger partial charge in [0.2, 0.25) is 11.8 Å². The highest BCUT2D eigenvalue weighted by Gasteiger charge is 2.38. The molecule has 2 aromatic heterocycles. The minimum Gasteiger partial charge on any atom is -0.453 e. The third kappa shape index (κ3) is 8.65. The Balaban J connectivity index is 1.20. The van der Waals surface area contributed by atoms with Crippen molar-refractivity contribution in [2.24, 2.45) is 11.8 Å². The van der Waals surface area contributed by atoms with Gasteiger partial charge in [-0.25, -0.2) is 19.6 Å². The number of likely N-dealkylation sites (tertiary alicyclic amines) is 1. The Morgan fingerprint density at radius 2 is 1.48 bits per heavy atom. The van der Waals surface area contributed by atoms with Crippen LogP contribution in [-0.4, -0.2) is 93.1 Å². The van der Waals surface area contributed by atoms with Crippen LogP contribution in [0.15, 0.2) is 60.8 Å². The van der Waals surface area contributed by atoms with Gasteiger partial charge in [0.15, 0.2) is 0 Å². The molecule has 1 saturated heterocycles. The highest BCUT2D eigenvalue weighted by molar-refractivity contribution is 5.92. The van der Waals surface area contributed by atoms with E-state index in [2.05, 4.69) is 69.1 Å². The molecular weight excluding hydrogens is 737 g/mol. The number of H-pyrrole nitrogens is 2. The number of carbonyl (C=O) groups is 4. The molecule has 1 fully saturated rings. The van der Waals surface area contributed by atoms with Gasteiger partial charge in [-0.15, -0.1) is 0 Å². The van der Waals surface area contributed by atoms with Gasteiger partial charge in [0, 0.05) is 18.7 Å². The van der Waals surface area contributed by atoms with Gasteiger partial charge in [0.1, 0.15) is 23.7 Å². The number of hydrogen-bond donors (Lipinski definition) is 4. The SMILES string of the molecule is CCC(C)C(NC(=O)OC)C(=O)N1CCCC1c1ncc(-c2ccc3cc(-c4ccc5nc(C(CC)N(CC)C(=O)C(NC(=O)OC)C(C)C)[nH]c5c4)ccc3c2)[nH]1. The first-order chi connectivity index (χ1) is 27.9. The van der Waals surface area contributed by atoms with Crippen molar-refractivity contribution >= 4 is 45.8 Å². The smallest absolute Gasteiger partial charge is 0.407 e. The predicted molar refractivity (Wildman–Crippen MR) is 224 cm³/mol. The predicted octanol–water partition coefficient (Wildman–Crippen LogP) is 7.89. The van der Waals surface area contributed by atoms with Gasteiger partial charge >= 0.3 is 12.2 Å². The summed E-state index contributed by atoms with van der Waals surface area (Å²) in [5.41, 5.74) is 5.59. The molecule has 58 heavy (non-hydrogen) atoms. The highest BCUT2D eigenvalue weighted by Crippen LogP contribution is 2.35. The summed E-state index contributed by atoms with van der Waals surface area (Å²) in [6, 6.07) is 16.9. The lowest BCUT2D eigenvalue weighted by Crippen LogP contribution is -2.52. The summed E-state index contributed by atoms with van der Waals surface area (Å²) >= 11 is 0. The van der Waals surface area contributed by atoms with Crippen LogP contribution in [0.5, 0.6) is 0 Å². The number of nitrogens with zero attached hydrogens (tertiary/aromatic N) is 4. The first-order valence-electron chi connectivity index (χ1n) is 20.3. The first kappa shape index (κ1) is 41.7. The molecule has 4 amide bonds. The number of nitrogens with one attached hydrogen (secondary N) is 4. The molecule has 1 aliphatic heterocycles. The molecule has 5 unspecified atom stereocenters.